The average molecular weight is 523 g/mol. The van der Waals surface area contributed by atoms with E-state index >= 15 is 0 Å². The van der Waals surface area contributed by atoms with Crippen LogP contribution in [0.3, 0.4) is 0 Å². The summed E-state index contributed by atoms with van der Waals surface area (Å²) in [5, 5.41) is 0. The van der Waals surface area contributed by atoms with Crippen molar-refractivity contribution < 1.29 is 13.6 Å². The van der Waals surface area contributed by atoms with Crippen molar-refractivity contribution in [2.45, 2.75) is 119 Å². The van der Waals surface area contributed by atoms with E-state index in [2.05, 4.69) is 33.8 Å². The predicted octanol–water partition coefficient (Wildman–Crippen LogP) is 9.11. The fraction of sp³-hybridized carbons (Fsp3) is 0.913. The van der Waals surface area contributed by atoms with Crippen molar-refractivity contribution in [2.24, 2.45) is 0 Å². The topological polar surface area (TPSA) is 35.5 Å². The first-order valence-corrected chi connectivity index (χ1v) is 21.1. The first-order valence-electron chi connectivity index (χ1n) is 12.1. The molecule has 0 saturated heterocycles. The molecule has 0 spiro atoms. The Kier molecular flexibility index (Phi) is 17.8. The summed E-state index contributed by atoms with van der Waals surface area (Å²) in [6, 6.07) is 0. The van der Waals surface area contributed by atoms with E-state index < -0.39 is 26.0 Å². The molecule has 0 aromatic carbocycles. The van der Waals surface area contributed by atoms with E-state index in [0.717, 1.165) is 6.42 Å². The summed E-state index contributed by atoms with van der Waals surface area (Å²) in [4.78, 5) is 0. The molecular formula is C23H49O3PSn. The van der Waals surface area contributed by atoms with Crippen LogP contribution in [0.5, 0.6) is 0 Å². The van der Waals surface area contributed by atoms with Crippen molar-refractivity contribution in [3.05, 3.63) is 9.41 Å². The normalized spacial score (nSPS) is 13.3. The summed E-state index contributed by atoms with van der Waals surface area (Å²) < 4.78 is 31.1. The van der Waals surface area contributed by atoms with E-state index in [1.807, 2.05) is 13.8 Å². The van der Waals surface area contributed by atoms with Crippen molar-refractivity contribution in [1.29, 1.82) is 0 Å². The molecule has 0 heterocycles. The van der Waals surface area contributed by atoms with E-state index in [1.54, 1.807) is 0 Å². The number of rotatable bonds is 19. The molecule has 0 rings (SSSR count). The summed E-state index contributed by atoms with van der Waals surface area (Å²) in [7, 11) is -3.17. The van der Waals surface area contributed by atoms with Crippen molar-refractivity contribution >= 4 is 26.0 Å². The summed E-state index contributed by atoms with van der Waals surface area (Å²) in [6.07, 6.45) is 14.4. The average Bonchev–Trinajstić information content (AvgIpc) is 2.68. The number of hydrogen-bond donors (Lipinski definition) is 0. The first-order chi connectivity index (χ1) is 13.5. The van der Waals surface area contributed by atoms with Crippen LogP contribution >= 0.6 is 7.60 Å². The van der Waals surface area contributed by atoms with Crippen LogP contribution in [-0.2, 0) is 13.6 Å². The van der Waals surface area contributed by atoms with E-state index in [9.17, 15) is 4.57 Å². The van der Waals surface area contributed by atoms with Gasteiger partial charge < -0.3 is 0 Å². The Balaban J connectivity index is 6.21. The Bertz CT molecular complexity index is 419. The Morgan fingerprint density at radius 2 is 1.14 bits per heavy atom. The fourth-order valence-electron chi connectivity index (χ4n) is 4.07. The van der Waals surface area contributed by atoms with Gasteiger partial charge in [-0.05, 0) is 0 Å². The molecule has 0 aromatic rings. The van der Waals surface area contributed by atoms with Gasteiger partial charge in [-0.1, -0.05) is 0 Å². The SMILES string of the molecule is CCCCC/C=[C](\P(=O)(OCC)OCC)[Sn]([CH2]CCC)([CH2]CCC)[CH2]CCC. The standard InChI is InChI=1S/C11H22O3P.3C4H9.Sn/c1-4-7-8-9-10-11-15(12,13-5-2)14-6-3;3*1-3-4-2;/h10H,4-9H2,1-3H3;3*1,3-4H2,2H3;. The van der Waals surface area contributed by atoms with Gasteiger partial charge in [-0.15, -0.1) is 0 Å². The molecule has 0 aliphatic heterocycles. The molecule has 0 fully saturated rings. The molecule has 0 N–H and O–H groups in total. The Hall–Kier alpha value is 0.689. The van der Waals surface area contributed by atoms with Crippen LogP contribution < -0.4 is 0 Å². The summed E-state index contributed by atoms with van der Waals surface area (Å²) in [5.41, 5.74) is 0. The number of unbranched alkanes of at least 4 members (excludes halogenated alkanes) is 6. The third-order valence-electron chi connectivity index (χ3n) is 5.61. The van der Waals surface area contributed by atoms with Gasteiger partial charge in [0.2, 0.25) is 0 Å². The molecule has 3 nitrogen and oxygen atoms in total. The third kappa shape index (κ3) is 10.1. The molecule has 0 aliphatic rings. The predicted molar refractivity (Wildman–Crippen MR) is 128 cm³/mol. The minimum atomic E-state index is -3.17. The monoisotopic (exact) mass is 524 g/mol. The minimum absolute atomic E-state index is 0.459. The van der Waals surface area contributed by atoms with Crippen LogP contribution in [0, 0.1) is 0 Å². The first kappa shape index (κ1) is 28.7. The molecule has 5 heteroatoms. The van der Waals surface area contributed by atoms with Gasteiger partial charge in [-0.2, -0.15) is 0 Å². The zero-order valence-electron chi connectivity index (χ0n) is 19.9. The van der Waals surface area contributed by atoms with Crippen LogP contribution in [0.4, 0.5) is 0 Å². The maximum absolute atomic E-state index is 14.1. The molecule has 0 aromatic heterocycles. The molecule has 0 radical (unpaired) electrons. The van der Waals surface area contributed by atoms with E-state index in [4.69, 9.17) is 9.05 Å². The van der Waals surface area contributed by atoms with Crippen molar-refractivity contribution in [2.75, 3.05) is 13.2 Å². The molecule has 0 atom stereocenters. The third-order valence-corrected chi connectivity index (χ3v) is 28.0. The van der Waals surface area contributed by atoms with Gasteiger partial charge in [-0.25, -0.2) is 0 Å². The van der Waals surface area contributed by atoms with Crippen molar-refractivity contribution in [3.8, 4) is 0 Å². The van der Waals surface area contributed by atoms with Crippen LogP contribution in [0.2, 0.25) is 13.3 Å². The summed E-state index contributed by atoms with van der Waals surface area (Å²) in [6.45, 7) is 13.9. The van der Waals surface area contributed by atoms with Gasteiger partial charge in [-0.3, -0.25) is 0 Å². The molecular weight excluding hydrogens is 474 g/mol. The molecule has 168 valence electrons. The Labute approximate surface area is 180 Å². The van der Waals surface area contributed by atoms with E-state index in [0.29, 0.717) is 13.2 Å². The van der Waals surface area contributed by atoms with Crippen LogP contribution in [-0.4, -0.2) is 31.6 Å². The Morgan fingerprint density at radius 1 is 0.714 bits per heavy atom. The fourth-order valence-corrected chi connectivity index (χ4v) is 29.2. The van der Waals surface area contributed by atoms with Gasteiger partial charge in [0, 0.05) is 0 Å². The molecule has 0 bridgehead atoms. The second-order valence-electron chi connectivity index (χ2n) is 8.01. The van der Waals surface area contributed by atoms with Gasteiger partial charge in [0.15, 0.2) is 0 Å². The molecule has 0 unspecified atom stereocenters. The Morgan fingerprint density at radius 3 is 1.50 bits per heavy atom. The van der Waals surface area contributed by atoms with Crippen LogP contribution in [0.1, 0.15) is 106 Å². The second kappa shape index (κ2) is 17.4. The van der Waals surface area contributed by atoms with Crippen LogP contribution in [0.25, 0.3) is 0 Å². The maximum atomic E-state index is 14.1. The molecule has 0 saturated carbocycles. The molecule has 0 amide bonds. The molecule has 0 aliphatic carbocycles. The van der Waals surface area contributed by atoms with Crippen molar-refractivity contribution in [1.82, 2.24) is 0 Å². The van der Waals surface area contributed by atoms with Crippen LogP contribution in [0.15, 0.2) is 9.41 Å². The summed E-state index contributed by atoms with van der Waals surface area (Å²) in [5.74, 6) is 0. The van der Waals surface area contributed by atoms with E-state index in [1.165, 1.54) is 74.4 Å². The second-order valence-corrected chi connectivity index (χ2v) is 24.3. The quantitative estimate of drug-likeness (QED) is 0.0963. The molecule has 28 heavy (non-hydrogen) atoms. The number of allylic oxidation sites excluding steroid dienone is 1. The van der Waals surface area contributed by atoms with Gasteiger partial charge >= 0.3 is 181 Å². The zero-order chi connectivity index (χ0) is 21.3. The van der Waals surface area contributed by atoms with Crippen molar-refractivity contribution in [3.63, 3.8) is 0 Å². The van der Waals surface area contributed by atoms with Gasteiger partial charge in [0.25, 0.3) is 0 Å². The van der Waals surface area contributed by atoms with Gasteiger partial charge in [0.05, 0.1) is 0 Å². The summed E-state index contributed by atoms with van der Waals surface area (Å²) >= 11 is -2.86. The van der Waals surface area contributed by atoms with Gasteiger partial charge in [0.1, 0.15) is 0 Å². The zero-order valence-corrected chi connectivity index (χ0v) is 23.6. The number of hydrogen-bond acceptors (Lipinski definition) is 3. The van der Waals surface area contributed by atoms with E-state index in [-0.39, 0.29) is 0 Å².